The Bertz CT molecular complexity index is 1110. The average molecular weight is 392 g/mol. The van der Waals surface area contributed by atoms with Crippen LogP contribution in [0.1, 0.15) is 16.1 Å². The van der Waals surface area contributed by atoms with Gasteiger partial charge in [0.1, 0.15) is 11.6 Å². The molecule has 0 aliphatic heterocycles. The monoisotopic (exact) mass is 391 g/mol. The van der Waals surface area contributed by atoms with Gasteiger partial charge in [-0.2, -0.15) is 5.26 Å². The second-order valence-electron chi connectivity index (χ2n) is 5.76. The highest BCUT2D eigenvalue weighted by Gasteiger charge is 2.13. The van der Waals surface area contributed by atoms with E-state index in [1.54, 1.807) is 59.3 Å². The first-order valence-corrected chi connectivity index (χ1v) is 8.56. The molecule has 2 N–H and O–H groups in total. The number of hydrogen-bond acceptors (Lipinski definition) is 3. The highest BCUT2D eigenvalue weighted by Crippen LogP contribution is 2.22. The Kier molecular flexibility index (Phi) is 5.58. The lowest BCUT2D eigenvalue weighted by molar-refractivity contribution is -0.112. The number of anilines is 1. The van der Waals surface area contributed by atoms with Gasteiger partial charge in [-0.1, -0.05) is 23.7 Å². The zero-order valence-electron chi connectivity index (χ0n) is 14.5. The van der Waals surface area contributed by atoms with Crippen LogP contribution in [0, 0.1) is 11.3 Å². The SMILES string of the molecule is N#C/C(=C/c1cccn1-c1ccc(C(=O)O)cc1)C(=O)Nc1ccccc1Cl. The van der Waals surface area contributed by atoms with Crippen LogP contribution in [-0.4, -0.2) is 21.6 Å². The summed E-state index contributed by atoms with van der Waals surface area (Å²) in [4.78, 5) is 23.4. The van der Waals surface area contributed by atoms with Crippen LogP contribution >= 0.6 is 11.6 Å². The Balaban J connectivity index is 1.89. The molecule has 0 saturated heterocycles. The molecule has 7 heteroatoms. The van der Waals surface area contributed by atoms with Crippen molar-refractivity contribution < 1.29 is 14.7 Å². The maximum atomic E-state index is 12.5. The summed E-state index contributed by atoms with van der Waals surface area (Å²) >= 11 is 6.04. The number of carbonyl (C=O) groups is 2. The summed E-state index contributed by atoms with van der Waals surface area (Å²) in [6.07, 6.45) is 3.21. The molecule has 0 atom stereocenters. The molecule has 138 valence electrons. The first-order chi connectivity index (χ1) is 13.5. The maximum absolute atomic E-state index is 12.5. The van der Waals surface area contributed by atoms with Gasteiger partial charge in [-0.25, -0.2) is 4.79 Å². The number of nitriles is 1. The molecule has 0 radical (unpaired) electrons. The van der Waals surface area contributed by atoms with Crippen molar-refractivity contribution in [3.05, 3.63) is 88.7 Å². The lowest BCUT2D eigenvalue weighted by atomic mass is 10.2. The Hall–Kier alpha value is -3.82. The van der Waals surface area contributed by atoms with Crippen LogP contribution in [0.3, 0.4) is 0 Å². The molecular weight excluding hydrogens is 378 g/mol. The number of halogens is 1. The van der Waals surface area contributed by atoms with Crippen molar-refractivity contribution in [1.29, 1.82) is 5.26 Å². The van der Waals surface area contributed by atoms with E-state index < -0.39 is 11.9 Å². The average Bonchev–Trinajstić information content (AvgIpc) is 3.16. The normalized spacial score (nSPS) is 10.9. The molecule has 0 aliphatic rings. The zero-order valence-corrected chi connectivity index (χ0v) is 15.2. The fourth-order valence-corrected chi connectivity index (χ4v) is 2.74. The molecule has 2 aromatic carbocycles. The predicted octanol–water partition coefficient (Wildman–Crippen LogP) is 4.37. The van der Waals surface area contributed by atoms with Crippen molar-refractivity contribution in [3.8, 4) is 11.8 Å². The molecular formula is C21H14ClN3O3. The Morgan fingerprint density at radius 3 is 2.43 bits per heavy atom. The van der Waals surface area contributed by atoms with Crippen LogP contribution in [0.4, 0.5) is 5.69 Å². The number of carboxylic acids is 1. The fourth-order valence-electron chi connectivity index (χ4n) is 2.56. The molecule has 0 aliphatic carbocycles. The molecule has 6 nitrogen and oxygen atoms in total. The van der Waals surface area contributed by atoms with E-state index in [0.29, 0.717) is 22.1 Å². The summed E-state index contributed by atoms with van der Waals surface area (Å²) in [6.45, 7) is 0. The van der Waals surface area contributed by atoms with Gasteiger partial charge >= 0.3 is 5.97 Å². The summed E-state index contributed by atoms with van der Waals surface area (Å²) < 4.78 is 1.74. The van der Waals surface area contributed by atoms with Crippen LogP contribution in [0.25, 0.3) is 11.8 Å². The van der Waals surface area contributed by atoms with Crippen molar-refractivity contribution >= 4 is 35.2 Å². The van der Waals surface area contributed by atoms with Crippen molar-refractivity contribution in [3.63, 3.8) is 0 Å². The first kappa shape index (κ1) is 19.0. The lowest BCUT2D eigenvalue weighted by Crippen LogP contribution is -2.14. The fraction of sp³-hybridized carbons (Fsp3) is 0. The van der Waals surface area contributed by atoms with Gasteiger partial charge in [0.05, 0.1) is 16.3 Å². The van der Waals surface area contributed by atoms with Crippen LogP contribution in [0.5, 0.6) is 0 Å². The Morgan fingerprint density at radius 1 is 1.07 bits per heavy atom. The third-order valence-corrected chi connectivity index (χ3v) is 4.28. The van der Waals surface area contributed by atoms with Gasteiger partial charge in [-0.15, -0.1) is 0 Å². The van der Waals surface area contributed by atoms with Crippen molar-refractivity contribution in [2.75, 3.05) is 5.32 Å². The molecule has 1 heterocycles. The Labute approximate surface area is 165 Å². The van der Waals surface area contributed by atoms with E-state index in [2.05, 4.69) is 5.32 Å². The Morgan fingerprint density at radius 2 is 1.79 bits per heavy atom. The number of hydrogen-bond donors (Lipinski definition) is 2. The molecule has 0 fully saturated rings. The van der Waals surface area contributed by atoms with Gasteiger partial charge < -0.3 is 15.0 Å². The number of carbonyl (C=O) groups excluding carboxylic acids is 1. The predicted molar refractivity (Wildman–Crippen MR) is 106 cm³/mol. The van der Waals surface area contributed by atoms with E-state index >= 15 is 0 Å². The summed E-state index contributed by atoms with van der Waals surface area (Å²) in [5, 5.41) is 21.4. The number of nitrogens with zero attached hydrogens (tertiary/aromatic N) is 2. The van der Waals surface area contributed by atoms with Gasteiger partial charge in [0.25, 0.3) is 5.91 Å². The van der Waals surface area contributed by atoms with Gasteiger partial charge in [-0.3, -0.25) is 4.79 Å². The van der Waals surface area contributed by atoms with Gasteiger partial charge in [0, 0.05) is 17.6 Å². The summed E-state index contributed by atoms with van der Waals surface area (Å²) in [5.41, 5.74) is 1.78. The topological polar surface area (TPSA) is 95.1 Å². The van der Waals surface area contributed by atoms with Crippen LogP contribution in [-0.2, 0) is 4.79 Å². The molecule has 0 saturated carbocycles. The summed E-state index contributed by atoms with van der Waals surface area (Å²) in [7, 11) is 0. The van der Waals surface area contributed by atoms with Crippen LogP contribution in [0.15, 0.2) is 72.4 Å². The largest absolute Gasteiger partial charge is 0.478 e. The summed E-state index contributed by atoms with van der Waals surface area (Å²) in [5.74, 6) is -1.59. The van der Waals surface area contributed by atoms with Gasteiger partial charge in [0.15, 0.2) is 0 Å². The number of carboxylic acid groups (broad SMARTS) is 1. The van der Waals surface area contributed by atoms with E-state index in [1.165, 1.54) is 18.2 Å². The number of benzene rings is 2. The number of rotatable bonds is 5. The van der Waals surface area contributed by atoms with Crippen molar-refractivity contribution in [2.45, 2.75) is 0 Å². The highest BCUT2D eigenvalue weighted by molar-refractivity contribution is 6.34. The quantitative estimate of drug-likeness (QED) is 0.498. The molecule has 3 rings (SSSR count). The van der Waals surface area contributed by atoms with E-state index in [-0.39, 0.29) is 11.1 Å². The number of amides is 1. The number of nitrogens with one attached hydrogen (secondary N) is 1. The smallest absolute Gasteiger partial charge is 0.335 e. The van der Waals surface area contributed by atoms with Crippen molar-refractivity contribution in [1.82, 2.24) is 4.57 Å². The minimum Gasteiger partial charge on any atom is -0.478 e. The van der Waals surface area contributed by atoms with E-state index in [0.717, 1.165) is 0 Å². The number of aromatic carboxylic acids is 1. The number of aromatic nitrogens is 1. The minimum absolute atomic E-state index is 0.0953. The van der Waals surface area contributed by atoms with Crippen LogP contribution < -0.4 is 5.32 Å². The zero-order chi connectivity index (χ0) is 20.1. The van der Waals surface area contributed by atoms with Crippen molar-refractivity contribution in [2.24, 2.45) is 0 Å². The van der Waals surface area contributed by atoms with E-state index in [9.17, 15) is 14.9 Å². The molecule has 3 aromatic rings. The molecule has 0 bridgehead atoms. The highest BCUT2D eigenvalue weighted by atomic mass is 35.5. The molecule has 1 aromatic heterocycles. The summed E-state index contributed by atoms with van der Waals surface area (Å²) in [6, 6.07) is 18.4. The third kappa shape index (κ3) is 4.11. The molecule has 28 heavy (non-hydrogen) atoms. The molecule has 1 amide bonds. The number of para-hydroxylation sites is 1. The van der Waals surface area contributed by atoms with Gasteiger partial charge in [0.2, 0.25) is 0 Å². The van der Waals surface area contributed by atoms with Crippen LogP contribution in [0.2, 0.25) is 5.02 Å². The second kappa shape index (κ2) is 8.25. The van der Waals surface area contributed by atoms with E-state index in [1.807, 2.05) is 6.07 Å². The first-order valence-electron chi connectivity index (χ1n) is 8.18. The maximum Gasteiger partial charge on any atom is 0.335 e. The minimum atomic E-state index is -1.01. The standard InChI is InChI=1S/C21H14ClN3O3/c22-18-5-1-2-6-19(18)24-20(26)15(13-23)12-17-4-3-11-25(17)16-9-7-14(8-10-16)21(27)28/h1-12H,(H,24,26)(H,27,28)/b15-12-. The molecule has 0 unspecified atom stereocenters. The molecule has 0 spiro atoms. The third-order valence-electron chi connectivity index (χ3n) is 3.95. The van der Waals surface area contributed by atoms with E-state index in [4.69, 9.17) is 16.7 Å². The second-order valence-corrected chi connectivity index (χ2v) is 6.17. The van der Waals surface area contributed by atoms with Gasteiger partial charge in [-0.05, 0) is 54.6 Å². The lowest BCUT2D eigenvalue weighted by Gasteiger charge is -2.09.